The van der Waals surface area contributed by atoms with Crippen LogP contribution in [0.3, 0.4) is 0 Å². The molecule has 1 aromatic rings. The zero-order valence-electron chi connectivity index (χ0n) is 5.44. The van der Waals surface area contributed by atoms with Gasteiger partial charge in [-0.05, 0) is 40.8 Å². The summed E-state index contributed by atoms with van der Waals surface area (Å²) in [4.78, 5) is 1.34. The predicted octanol–water partition coefficient (Wildman–Crippen LogP) is 2.78. The van der Waals surface area contributed by atoms with Crippen LogP contribution in [0.25, 0.3) is 0 Å². The molecule has 0 amide bonds. The van der Waals surface area contributed by atoms with Gasteiger partial charge in [0.1, 0.15) is 0 Å². The molecule has 9 heavy (non-hydrogen) atoms. The molecule has 1 rings (SSSR count). The topological polar surface area (TPSA) is 12.9 Å². The zero-order chi connectivity index (χ0) is 6.85. The monoisotopic (exact) mass is 205 g/mol. The molecule has 1 aromatic heterocycles. The van der Waals surface area contributed by atoms with Gasteiger partial charge in [-0.15, -0.1) is 0 Å². The van der Waals surface area contributed by atoms with E-state index in [-0.39, 0.29) is 0 Å². The second kappa shape index (κ2) is 2.80. The normalized spacial score (nSPS) is 10.1. The van der Waals surface area contributed by atoms with Gasteiger partial charge in [-0.1, -0.05) is 6.92 Å². The fourth-order valence-corrected chi connectivity index (χ4v) is 2.02. The maximum atomic E-state index is 4.18. The first-order valence-electron chi connectivity index (χ1n) is 2.86. The number of hydrogen-bond acceptors (Lipinski definition) is 2. The highest BCUT2D eigenvalue weighted by atomic mass is 79.9. The fourth-order valence-electron chi connectivity index (χ4n) is 0.625. The van der Waals surface area contributed by atoms with Crippen molar-refractivity contribution in [2.45, 2.75) is 20.3 Å². The van der Waals surface area contributed by atoms with E-state index in [1.165, 1.54) is 9.35 Å². The van der Waals surface area contributed by atoms with Crippen molar-refractivity contribution < 1.29 is 0 Å². The molecule has 0 fully saturated rings. The molecule has 0 aromatic carbocycles. The molecule has 0 aliphatic rings. The number of rotatable bonds is 1. The van der Waals surface area contributed by atoms with Gasteiger partial charge < -0.3 is 0 Å². The highest BCUT2D eigenvalue weighted by molar-refractivity contribution is 9.10. The van der Waals surface area contributed by atoms with E-state index in [2.05, 4.69) is 27.2 Å². The standard InChI is InChI=1S/C6H8BrNS/c1-3-5-6(7)4(2)8-9-5/h3H2,1-2H3. The van der Waals surface area contributed by atoms with Crippen LogP contribution < -0.4 is 0 Å². The average molecular weight is 206 g/mol. The molecule has 0 aliphatic carbocycles. The Labute approximate surface area is 67.4 Å². The van der Waals surface area contributed by atoms with Crippen LogP contribution in [0, 0.1) is 6.92 Å². The summed E-state index contributed by atoms with van der Waals surface area (Å²) in [5.41, 5.74) is 1.11. The summed E-state index contributed by atoms with van der Waals surface area (Å²) in [5.74, 6) is 0. The van der Waals surface area contributed by atoms with Crippen LogP contribution in [0.1, 0.15) is 17.5 Å². The highest BCUT2D eigenvalue weighted by Crippen LogP contribution is 2.24. The molecular formula is C6H8BrNS. The number of aromatic nitrogens is 1. The summed E-state index contributed by atoms with van der Waals surface area (Å²) in [6.07, 6.45) is 1.08. The van der Waals surface area contributed by atoms with Crippen molar-refractivity contribution in [3.63, 3.8) is 0 Å². The van der Waals surface area contributed by atoms with Crippen LogP contribution >= 0.6 is 27.5 Å². The highest BCUT2D eigenvalue weighted by Gasteiger charge is 2.03. The summed E-state index contributed by atoms with van der Waals surface area (Å²) in [5, 5.41) is 0. The number of aryl methyl sites for hydroxylation is 2. The Morgan fingerprint density at radius 2 is 2.33 bits per heavy atom. The van der Waals surface area contributed by atoms with Crippen molar-refractivity contribution in [1.29, 1.82) is 0 Å². The number of halogens is 1. The first kappa shape index (κ1) is 7.22. The van der Waals surface area contributed by atoms with Crippen molar-refractivity contribution in [3.8, 4) is 0 Å². The van der Waals surface area contributed by atoms with Gasteiger partial charge >= 0.3 is 0 Å². The molecule has 50 valence electrons. The zero-order valence-corrected chi connectivity index (χ0v) is 7.84. The molecule has 0 unspecified atom stereocenters. The molecule has 3 heteroatoms. The Bertz CT molecular complexity index is 207. The van der Waals surface area contributed by atoms with Crippen LogP contribution in [0.15, 0.2) is 4.47 Å². The van der Waals surface area contributed by atoms with Gasteiger partial charge in [0.05, 0.1) is 10.2 Å². The Balaban J connectivity index is 3.04. The van der Waals surface area contributed by atoms with Crippen molar-refractivity contribution >= 4 is 27.5 Å². The summed E-state index contributed by atoms with van der Waals surface area (Å²) in [6.45, 7) is 4.15. The van der Waals surface area contributed by atoms with E-state index in [9.17, 15) is 0 Å². The summed E-state index contributed by atoms with van der Waals surface area (Å²) in [7, 11) is 0. The second-order valence-corrected chi connectivity index (χ2v) is 3.51. The van der Waals surface area contributed by atoms with E-state index in [0.29, 0.717) is 0 Å². The van der Waals surface area contributed by atoms with E-state index in [1.807, 2.05) is 6.92 Å². The lowest BCUT2D eigenvalue weighted by molar-refractivity contribution is 1.16. The van der Waals surface area contributed by atoms with Crippen molar-refractivity contribution in [2.75, 3.05) is 0 Å². The van der Waals surface area contributed by atoms with Crippen LogP contribution in [0.5, 0.6) is 0 Å². The molecule has 0 atom stereocenters. The molecule has 0 spiro atoms. The van der Waals surface area contributed by atoms with Gasteiger partial charge in [0.2, 0.25) is 0 Å². The van der Waals surface area contributed by atoms with Gasteiger partial charge in [-0.2, -0.15) is 4.37 Å². The Hall–Kier alpha value is 0.110. The summed E-state index contributed by atoms with van der Waals surface area (Å²) in [6, 6.07) is 0. The van der Waals surface area contributed by atoms with Crippen molar-refractivity contribution in [1.82, 2.24) is 4.37 Å². The molecule has 0 aliphatic heterocycles. The minimum absolute atomic E-state index is 1.08. The minimum atomic E-state index is 1.08. The van der Waals surface area contributed by atoms with Gasteiger partial charge in [0.15, 0.2) is 0 Å². The maximum Gasteiger partial charge on any atom is 0.0656 e. The van der Waals surface area contributed by atoms with Crippen LogP contribution in [0.2, 0.25) is 0 Å². The van der Waals surface area contributed by atoms with E-state index in [0.717, 1.165) is 12.1 Å². The Kier molecular flexibility index (Phi) is 2.24. The second-order valence-electron chi connectivity index (χ2n) is 1.86. The van der Waals surface area contributed by atoms with E-state index in [1.54, 1.807) is 11.5 Å². The summed E-state index contributed by atoms with van der Waals surface area (Å²) >= 11 is 5.04. The van der Waals surface area contributed by atoms with Gasteiger partial charge in [-0.3, -0.25) is 0 Å². The van der Waals surface area contributed by atoms with Crippen molar-refractivity contribution in [2.24, 2.45) is 0 Å². The maximum absolute atomic E-state index is 4.18. The lowest BCUT2D eigenvalue weighted by Crippen LogP contribution is -1.72. The van der Waals surface area contributed by atoms with E-state index < -0.39 is 0 Å². The van der Waals surface area contributed by atoms with Gasteiger partial charge in [0.25, 0.3) is 0 Å². The van der Waals surface area contributed by atoms with Gasteiger partial charge in [-0.25, -0.2) is 0 Å². The first-order valence-corrected chi connectivity index (χ1v) is 4.43. The third kappa shape index (κ3) is 1.33. The van der Waals surface area contributed by atoms with Crippen LogP contribution in [-0.2, 0) is 6.42 Å². The Morgan fingerprint density at radius 3 is 2.56 bits per heavy atom. The van der Waals surface area contributed by atoms with Crippen molar-refractivity contribution in [3.05, 3.63) is 15.0 Å². The summed E-state index contributed by atoms with van der Waals surface area (Å²) < 4.78 is 5.37. The lowest BCUT2D eigenvalue weighted by Gasteiger charge is -1.86. The van der Waals surface area contributed by atoms with E-state index in [4.69, 9.17) is 0 Å². The Morgan fingerprint density at radius 1 is 1.67 bits per heavy atom. The molecule has 0 saturated carbocycles. The molecule has 0 saturated heterocycles. The molecule has 1 heterocycles. The molecule has 1 nitrogen and oxygen atoms in total. The molecule has 0 N–H and O–H groups in total. The first-order chi connectivity index (χ1) is 4.25. The third-order valence-corrected chi connectivity index (χ3v) is 3.57. The van der Waals surface area contributed by atoms with Gasteiger partial charge in [0, 0.05) is 4.88 Å². The number of nitrogens with zero attached hydrogens (tertiary/aromatic N) is 1. The third-order valence-electron chi connectivity index (χ3n) is 1.18. The number of hydrogen-bond donors (Lipinski definition) is 0. The quantitative estimate of drug-likeness (QED) is 0.688. The minimum Gasteiger partial charge on any atom is -0.197 e. The van der Waals surface area contributed by atoms with Crippen LogP contribution in [0.4, 0.5) is 0 Å². The molecular weight excluding hydrogens is 198 g/mol. The average Bonchev–Trinajstić information content (AvgIpc) is 2.15. The molecule has 0 radical (unpaired) electrons. The largest absolute Gasteiger partial charge is 0.197 e. The molecule has 0 bridgehead atoms. The lowest BCUT2D eigenvalue weighted by atomic mass is 10.3. The van der Waals surface area contributed by atoms with E-state index >= 15 is 0 Å². The fraction of sp³-hybridized carbons (Fsp3) is 0.500. The SMILES string of the molecule is CCc1snc(C)c1Br. The van der Waals surface area contributed by atoms with Crippen LogP contribution in [-0.4, -0.2) is 4.37 Å². The smallest absolute Gasteiger partial charge is 0.0656 e. The predicted molar refractivity (Wildman–Crippen MR) is 43.9 cm³/mol.